The molecule has 1 heterocycles. The van der Waals surface area contributed by atoms with Crippen molar-refractivity contribution >= 4 is 29.7 Å². The molecule has 1 aliphatic rings. The number of rotatable bonds is 8. The Morgan fingerprint density at radius 1 is 1.17 bits per heavy atom. The number of hydrogen-bond donors (Lipinski definition) is 4. The van der Waals surface area contributed by atoms with E-state index in [1.807, 2.05) is 18.5 Å². The minimum Gasteiger partial charge on any atom is -0.453 e. The molecule has 0 spiro atoms. The van der Waals surface area contributed by atoms with Crippen LogP contribution in [0.2, 0.25) is 0 Å². The van der Waals surface area contributed by atoms with E-state index in [0.717, 1.165) is 4.90 Å². The summed E-state index contributed by atoms with van der Waals surface area (Å²) in [5, 5.41) is 5.43. The van der Waals surface area contributed by atoms with Gasteiger partial charge in [-0.3, -0.25) is 4.72 Å². The largest absolute Gasteiger partial charge is 0.453 e. The zero-order valence-corrected chi connectivity index (χ0v) is 29.6. The van der Waals surface area contributed by atoms with Gasteiger partial charge in [-0.1, -0.05) is 6.42 Å². The van der Waals surface area contributed by atoms with Crippen molar-refractivity contribution in [3.8, 4) is 12.8 Å². The molecule has 0 bridgehead atoms. The quantitative estimate of drug-likeness (QED) is 0.126. The summed E-state index contributed by atoms with van der Waals surface area (Å²) in [5.41, 5.74) is 4.76. The first-order chi connectivity index (χ1) is 18.8. The number of hydrogen-bond acceptors (Lipinski definition) is 8. The second-order valence-corrected chi connectivity index (χ2v) is 11.5. The number of alkyl carbamates (subject to hydrolysis) is 1. The Morgan fingerprint density at radius 3 is 2.12 bits per heavy atom. The maximum absolute atomic E-state index is 14.3. The predicted molar refractivity (Wildman–Crippen MR) is 168 cm³/mol. The monoisotopic (exact) mass is 847 g/mol. The third-order valence-corrected chi connectivity index (χ3v) is 6.46. The molecule has 1 saturated carbocycles. The first kappa shape index (κ1) is 42.5. The number of ether oxygens (including phenoxy) is 1. The Balaban J connectivity index is -0.000000726. The van der Waals surface area contributed by atoms with Crippen molar-refractivity contribution in [3.05, 3.63) is 49.4 Å². The van der Waals surface area contributed by atoms with E-state index in [9.17, 15) is 13.6 Å². The zero-order chi connectivity index (χ0) is 30.9. The number of amides is 1. The number of carbonyl (C=O) groups excluding carboxylic acids is 1. The zero-order valence-electron chi connectivity index (χ0n) is 26.3. The van der Waals surface area contributed by atoms with Gasteiger partial charge >= 0.3 is 6.09 Å². The second-order valence-electron chi connectivity index (χ2n) is 10.6. The number of alkyl halides is 1. The molecule has 8 nitrogen and oxygen atoms in total. The number of carbonyl (C=O) groups is 1. The van der Waals surface area contributed by atoms with Gasteiger partial charge in [0.15, 0.2) is 0 Å². The van der Waals surface area contributed by atoms with E-state index >= 15 is 0 Å². The Morgan fingerprint density at radius 2 is 1.71 bits per heavy atom. The van der Waals surface area contributed by atoms with Gasteiger partial charge in [0.1, 0.15) is 11.5 Å². The summed E-state index contributed by atoms with van der Waals surface area (Å²) in [6, 6.07) is 4.88. The van der Waals surface area contributed by atoms with Gasteiger partial charge in [0.25, 0.3) is 0 Å². The van der Waals surface area contributed by atoms with E-state index in [4.69, 9.17) is 0 Å². The van der Waals surface area contributed by atoms with Gasteiger partial charge in [0, 0.05) is 35.3 Å². The van der Waals surface area contributed by atoms with Gasteiger partial charge in [0.2, 0.25) is 5.95 Å². The second kappa shape index (κ2) is 20.9. The van der Waals surface area contributed by atoms with Crippen LogP contribution in [0.5, 0.6) is 0 Å². The molecule has 5 N–H and O–H groups in total. The maximum atomic E-state index is 14.3. The Bertz CT molecular complexity index is 1030. The first-order valence-electron chi connectivity index (χ1n) is 13.0. The van der Waals surface area contributed by atoms with Crippen LogP contribution < -0.4 is 21.1 Å². The molecule has 1 fully saturated rings. The fourth-order valence-electron chi connectivity index (χ4n) is 3.39. The minimum absolute atomic E-state index is 0. The maximum Gasteiger partial charge on any atom is 0.407 e. The number of nitrogens with two attached hydrogens (primary N) is 1. The summed E-state index contributed by atoms with van der Waals surface area (Å²) in [5.74, 6) is 0.704. The van der Waals surface area contributed by atoms with Crippen LogP contribution in [-0.2, 0) is 4.74 Å². The molecule has 0 saturated heterocycles. The van der Waals surface area contributed by atoms with E-state index < -0.39 is 11.8 Å². The van der Waals surface area contributed by atoms with Crippen LogP contribution in [0.3, 0.4) is 0 Å². The van der Waals surface area contributed by atoms with Crippen molar-refractivity contribution in [1.29, 1.82) is 0 Å². The van der Waals surface area contributed by atoms with E-state index in [0.29, 0.717) is 17.6 Å². The fraction of sp³-hybridized carbons (Fsp3) is 0.533. The molecule has 1 unspecified atom stereocenters. The Kier molecular flexibility index (Phi) is 21.1. The molecular weight excluding hydrogens is 798 g/mol. The van der Waals surface area contributed by atoms with Crippen molar-refractivity contribution < 1.29 is 18.3 Å². The minimum atomic E-state index is -1.26. The SMILES string of the molecule is C#C.CC(C)(C)NSc1ccc(Nc2ncc(C3CCC3)cn2)c(F)c1.CN.COC(=O)NC(C)CC(C)(C)F.[CH3-].[Es]. The van der Waals surface area contributed by atoms with Gasteiger partial charge in [-0.05, 0) is 103 Å². The molecule has 1 aromatic heterocycles. The fourth-order valence-corrected chi connectivity index (χ4v) is 4.11. The van der Waals surface area contributed by atoms with Crippen LogP contribution >= 0.6 is 11.9 Å². The summed E-state index contributed by atoms with van der Waals surface area (Å²) in [6.07, 6.45) is 15.2. The summed E-state index contributed by atoms with van der Waals surface area (Å²) in [4.78, 5) is 20.1. The molecule has 1 aromatic carbocycles. The molecule has 2 aromatic rings. The topological polar surface area (TPSA) is 114 Å². The number of nitrogens with one attached hydrogen (secondary N) is 3. The van der Waals surface area contributed by atoms with E-state index in [2.05, 4.69) is 69.4 Å². The number of benzene rings is 1. The van der Waals surface area contributed by atoms with E-state index in [-0.39, 0.29) is 31.2 Å². The average molecular weight is 848 g/mol. The van der Waals surface area contributed by atoms with Crippen molar-refractivity contribution in [2.45, 2.75) is 95.3 Å². The molecular formula is C30H49EsF2N6O2S-. The average Bonchev–Trinajstić information content (AvgIpc) is 2.85. The number of nitrogens with zero attached hydrogens (tertiary/aromatic N) is 2. The van der Waals surface area contributed by atoms with Crippen LogP contribution in [0.1, 0.15) is 78.7 Å². The standard InChI is InChI=1S/C18H23FN4S.C8H16FNO2.C2H2.CH5N.CH3.Es/c1-18(2,3)23-24-14-7-8-16(15(19)9-14)22-17-20-10-13(11-21-17)12-5-4-6-12;1-6(5-8(2,3)9)10-7(11)12-4;2*1-2;;/h7-12,23H,4-6H2,1-3H3,(H,20,21,22);6H,5H2,1-4H3,(H,10,11);1-2H;2H2,1H3;1H3;/q;;;;-1;. The molecule has 1 amide bonds. The molecule has 3 rings (SSSR count). The molecule has 243 valence electrons. The number of aromatic nitrogens is 2. The van der Waals surface area contributed by atoms with Crippen molar-refractivity contribution in [1.82, 2.24) is 20.0 Å². The summed E-state index contributed by atoms with van der Waals surface area (Å²) in [7, 11) is 2.78. The van der Waals surface area contributed by atoms with E-state index in [1.165, 1.54) is 70.8 Å². The Labute approximate surface area is 250 Å². The molecule has 1 radical (unpaired) electrons. The first-order valence-corrected chi connectivity index (χ1v) is 13.8. The van der Waals surface area contributed by atoms with Crippen LogP contribution in [-0.4, -0.2) is 47.5 Å². The number of terminal acetylenes is 1. The molecule has 42 heavy (non-hydrogen) atoms. The van der Waals surface area contributed by atoms with Gasteiger partial charge in [-0.25, -0.2) is 23.5 Å². The number of halogens is 2. The van der Waals surface area contributed by atoms with Crippen molar-refractivity contribution in [2.75, 3.05) is 19.5 Å². The van der Waals surface area contributed by atoms with Gasteiger partial charge in [0.05, 0.1) is 12.8 Å². The third kappa shape index (κ3) is 17.7. The normalized spacial score (nSPS) is 12.8. The molecule has 1 atom stereocenters. The van der Waals surface area contributed by atoms with Crippen LogP contribution in [0, 0.1) is 26.1 Å². The smallest absolute Gasteiger partial charge is 0.407 e. The van der Waals surface area contributed by atoms with Gasteiger partial charge in [-0.2, -0.15) is 0 Å². The van der Waals surface area contributed by atoms with E-state index in [1.54, 1.807) is 13.0 Å². The number of anilines is 2. The van der Waals surface area contributed by atoms with Crippen molar-refractivity contribution in [3.63, 3.8) is 0 Å². The summed E-state index contributed by atoms with van der Waals surface area (Å²) < 4.78 is 34.9. The Hall–Kier alpha value is -3.94. The third-order valence-electron chi connectivity index (χ3n) is 5.25. The van der Waals surface area contributed by atoms with Gasteiger partial charge in [-0.15, -0.1) is 12.8 Å². The predicted octanol–water partition coefficient (Wildman–Crippen LogP) is 7.17. The molecule has 1 aliphatic carbocycles. The summed E-state index contributed by atoms with van der Waals surface area (Å²) >= 11 is 1.42. The number of methoxy groups -OCH3 is 1. The van der Waals surface area contributed by atoms with Crippen LogP contribution in [0.25, 0.3) is 0 Å². The van der Waals surface area contributed by atoms with Gasteiger partial charge < -0.3 is 28.5 Å². The van der Waals surface area contributed by atoms with Crippen LogP contribution in [0.4, 0.5) is 25.2 Å². The molecule has 12 heteroatoms. The summed E-state index contributed by atoms with van der Waals surface area (Å²) in [6.45, 7) is 10.9. The molecule has 0 aliphatic heterocycles. The van der Waals surface area contributed by atoms with Crippen LogP contribution in [0.15, 0.2) is 35.5 Å². The van der Waals surface area contributed by atoms with Crippen molar-refractivity contribution in [2.24, 2.45) is 5.73 Å².